The Morgan fingerprint density at radius 1 is 1.08 bits per heavy atom. The van der Waals surface area contributed by atoms with Crippen LogP contribution in [0.5, 0.6) is 0 Å². The van der Waals surface area contributed by atoms with Gasteiger partial charge in [-0.25, -0.2) is 9.78 Å². The number of alkyl halides is 4. The van der Waals surface area contributed by atoms with Crippen molar-refractivity contribution in [3.63, 3.8) is 0 Å². The average Bonchev–Trinajstić information content (AvgIpc) is 2.49. The van der Waals surface area contributed by atoms with E-state index in [4.69, 9.17) is 19.2 Å². The topological polar surface area (TPSA) is 36.9 Å². The highest BCUT2D eigenvalue weighted by atomic mass is 79.9. The molecule has 0 aromatic carbocycles. The minimum atomic E-state index is -4.56. The van der Waals surface area contributed by atoms with E-state index in [0.29, 0.717) is 18.8 Å². The van der Waals surface area contributed by atoms with Gasteiger partial charge in [-0.1, -0.05) is 26.7 Å². The average molecular weight is 417 g/mol. The second-order valence-electron chi connectivity index (χ2n) is 7.55. The van der Waals surface area contributed by atoms with Crippen molar-refractivity contribution < 1.29 is 32.4 Å². The van der Waals surface area contributed by atoms with Gasteiger partial charge in [-0.2, -0.15) is 13.2 Å². The third-order valence-electron chi connectivity index (χ3n) is 5.61. The molecule has 0 saturated carbocycles. The smallest absolute Gasteiger partial charge is 0.322 e. The number of ether oxygens (including phenoxy) is 2. The summed E-state index contributed by atoms with van der Waals surface area (Å²) in [5.41, 5.74) is 0. The highest BCUT2D eigenvalue weighted by Crippen LogP contribution is 2.55. The summed E-state index contributed by atoms with van der Waals surface area (Å²) in [6.45, 7) is 5.37. The summed E-state index contributed by atoms with van der Waals surface area (Å²) in [4.78, 5) is 11.0. The van der Waals surface area contributed by atoms with Gasteiger partial charge in [0.1, 0.15) is 6.10 Å². The fourth-order valence-corrected chi connectivity index (χ4v) is 4.49. The monoisotopic (exact) mass is 416 g/mol. The van der Waals surface area contributed by atoms with Crippen LogP contribution < -0.4 is 0 Å². The summed E-state index contributed by atoms with van der Waals surface area (Å²) in [5.74, 6) is -1.86. The molecule has 0 radical (unpaired) electrons. The van der Waals surface area contributed by atoms with Gasteiger partial charge in [0.05, 0.1) is 0 Å². The number of hydrogen-bond acceptors (Lipinski definition) is 4. The van der Waals surface area contributed by atoms with Gasteiger partial charge in [0.25, 0.3) is 0 Å². The predicted octanol–water partition coefficient (Wildman–Crippen LogP) is 4.91. The van der Waals surface area contributed by atoms with E-state index < -0.39 is 34.8 Å². The molecule has 0 aromatic heterocycles. The molecule has 4 bridgehead atoms. The SMILES string of the molecule is C[C@H]1CCC[C@]2(C)OO[C@@H]3[C@@H](O2)O[C@@](Br)(C(F)(F)F)[C@H](C)[C@@H]3CC1. The Balaban J connectivity index is 1.96. The Morgan fingerprint density at radius 3 is 2.46 bits per heavy atom. The van der Waals surface area contributed by atoms with Crippen molar-refractivity contribution in [1.29, 1.82) is 0 Å². The Morgan fingerprint density at radius 2 is 1.79 bits per heavy atom. The lowest BCUT2D eigenvalue weighted by molar-refractivity contribution is -0.547. The first-order chi connectivity index (χ1) is 11.1. The predicted molar refractivity (Wildman–Crippen MR) is 82.9 cm³/mol. The van der Waals surface area contributed by atoms with Gasteiger partial charge in [0, 0.05) is 12.3 Å². The Labute approximate surface area is 148 Å². The van der Waals surface area contributed by atoms with E-state index >= 15 is 0 Å². The molecule has 0 N–H and O–H groups in total. The number of rotatable bonds is 0. The number of halogens is 4. The lowest BCUT2D eigenvalue weighted by Crippen LogP contribution is -2.65. The van der Waals surface area contributed by atoms with Crippen LogP contribution in [-0.4, -0.2) is 28.9 Å². The molecule has 4 nitrogen and oxygen atoms in total. The maximum atomic E-state index is 13.7. The first-order valence-corrected chi connectivity index (χ1v) is 9.31. The van der Waals surface area contributed by atoms with E-state index in [1.165, 1.54) is 0 Å². The van der Waals surface area contributed by atoms with Crippen LogP contribution in [0.2, 0.25) is 0 Å². The van der Waals surface area contributed by atoms with Gasteiger partial charge in [-0.15, -0.1) is 0 Å². The molecule has 0 amide bonds. The van der Waals surface area contributed by atoms with Crippen molar-refractivity contribution in [3.8, 4) is 0 Å². The Bertz CT molecular complexity index is 477. The molecule has 0 spiro atoms. The summed E-state index contributed by atoms with van der Waals surface area (Å²) < 4.78 is 49.8. The Hall–Kier alpha value is 0.110. The van der Waals surface area contributed by atoms with E-state index in [1.807, 2.05) is 0 Å². The molecule has 0 aromatic rings. The van der Waals surface area contributed by atoms with Crippen LogP contribution >= 0.6 is 15.9 Å². The van der Waals surface area contributed by atoms with Crippen molar-refractivity contribution >= 4 is 15.9 Å². The fourth-order valence-electron chi connectivity index (χ4n) is 3.97. The Kier molecular flexibility index (Phi) is 5.01. The standard InChI is InChI=1S/C16H24BrF3O4/c1-9-5-4-8-14(3)21-13-12(23-24-14)11(7-6-9)10(2)15(17,22-13)16(18,19)20/h9-13H,4-8H2,1-3H3/t9-,10+,11-,12-,13-,14-,15+/m0/s1. The van der Waals surface area contributed by atoms with Gasteiger partial charge in [-0.05, 0) is 47.5 Å². The maximum absolute atomic E-state index is 13.7. The summed E-state index contributed by atoms with van der Waals surface area (Å²) in [6.07, 6.45) is -2.48. The van der Waals surface area contributed by atoms with Gasteiger partial charge in [0.2, 0.25) is 10.3 Å². The zero-order valence-electron chi connectivity index (χ0n) is 14.1. The molecule has 0 aliphatic carbocycles. The van der Waals surface area contributed by atoms with Gasteiger partial charge in [0.15, 0.2) is 6.29 Å². The molecular weight excluding hydrogens is 393 g/mol. The van der Waals surface area contributed by atoms with Crippen LogP contribution in [0.25, 0.3) is 0 Å². The molecule has 4 heterocycles. The third-order valence-corrected chi connectivity index (χ3v) is 6.97. The third kappa shape index (κ3) is 3.24. The summed E-state index contributed by atoms with van der Waals surface area (Å²) in [6, 6.07) is 0. The van der Waals surface area contributed by atoms with Crippen LogP contribution in [0.4, 0.5) is 13.2 Å². The second-order valence-corrected chi connectivity index (χ2v) is 8.73. The van der Waals surface area contributed by atoms with E-state index in [2.05, 4.69) is 22.9 Å². The first kappa shape index (κ1) is 18.9. The van der Waals surface area contributed by atoms with E-state index in [-0.39, 0.29) is 5.92 Å². The van der Waals surface area contributed by atoms with Crippen LogP contribution in [0.3, 0.4) is 0 Å². The van der Waals surface area contributed by atoms with Crippen LogP contribution in [0, 0.1) is 17.8 Å². The van der Waals surface area contributed by atoms with Crippen molar-refractivity contribution in [2.45, 2.75) is 81.7 Å². The van der Waals surface area contributed by atoms with E-state index in [9.17, 15) is 13.2 Å². The molecule has 8 heteroatoms. The molecule has 4 aliphatic rings. The van der Waals surface area contributed by atoms with Gasteiger partial charge < -0.3 is 9.47 Å². The van der Waals surface area contributed by atoms with Crippen molar-refractivity contribution in [3.05, 3.63) is 0 Å². The number of fused-ring (bicyclic) bond motifs is 6. The molecule has 24 heavy (non-hydrogen) atoms. The second kappa shape index (κ2) is 6.37. The molecule has 4 aliphatic heterocycles. The molecule has 140 valence electrons. The highest BCUT2D eigenvalue weighted by molar-refractivity contribution is 9.10. The minimum absolute atomic E-state index is 0.380. The minimum Gasteiger partial charge on any atom is -0.322 e. The fraction of sp³-hybridized carbons (Fsp3) is 1.00. The molecule has 0 unspecified atom stereocenters. The molecular formula is C16H24BrF3O4. The first-order valence-electron chi connectivity index (χ1n) is 8.51. The quantitative estimate of drug-likeness (QED) is 0.415. The molecule has 4 fully saturated rings. The summed E-state index contributed by atoms with van der Waals surface area (Å²) in [7, 11) is 0. The summed E-state index contributed by atoms with van der Waals surface area (Å²) in [5, 5.41) is 0. The van der Waals surface area contributed by atoms with Gasteiger partial charge in [-0.3, -0.25) is 0 Å². The lowest BCUT2D eigenvalue weighted by Gasteiger charge is -2.53. The van der Waals surface area contributed by atoms with E-state index in [0.717, 1.165) is 19.3 Å². The van der Waals surface area contributed by atoms with Crippen molar-refractivity contribution in [2.24, 2.45) is 17.8 Å². The van der Waals surface area contributed by atoms with Crippen LogP contribution in [0.1, 0.15) is 52.9 Å². The summed E-state index contributed by atoms with van der Waals surface area (Å²) >= 11 is 2.84. The maximum Gasteiger partial charge on any atom is 0.427 e. The molecule has 4 saturated heterocycles. The zero-order chi connectivity index (χ0) is 17.8. The van der Waals surface area contributed by atoms with Crippen LogP contribution in [0.15, 0.2) is 0 Å². The van der Waals surface area contributed by atoms with Crippen molar-refractivity contribution in [2.75, 3.05) is 0 Å². The molecule has 4 rings (SSSR count). The van der Waals surface area contributed by atoms with Gasteiger partial charge >= 0.3 is 6.18 Å². The highest BCUT2D eigenvalue weighted by Gasteiger charge is 2.67. The largest absolute Gasteiger partial charge is 0.427 e. The molecule has 7 atom stereocenters. The zero-order valence-corrected chi connectivity index (χ0v) is 15.7. The van der Waals surface area contributed by atoms with Crippen LogP contribution in [-0.2, 0) is 19.2 Å². The number of hydrogen-bond donors (Lipinski definition) is 0. The lowest BCUT2D eigenvalue weighted by atomic mass is 9.77. The normalized spacial score (nSPS) is 50.4. The van der Waals surface area contributed by atoms with Crippen molar-refractivity contribution in [1.82, 2.24) is 0 Å². The van der Waals surface area contributed by atoms with E-state index in [1.54, 1.807) is 13.8 Å².